The molecule has 0 heterocycles. The molecule has 0 bridgehead atoms. The van der Waals surface area contributed by atoms with Crippen LogP contribution in [0.1, 0.15) is 39.4 Å². The highest BCUT2D eigenvalue weighted by Crippen LogP contribution is 2.26. The molecule has 22 heavy (non-hydrogen) atoms. The van der Waals surface area contributed by atoms with E-state index in [1.165, 1.54) is 0 Å². The Bertz CT molecular complexity index is 745. The number of ketones is 1. The first-order valence-corrected chi connectivity index (χ1v) is 7.60. The Hall–Kier alpha value is -2.25. The van der Waals surface area contributed by atoms with Crippen LogP contribution >= 0.6 is 15.9 Å². The van der Waals surface area contributed by atoms with Gasteiger partial charge in [-0.2, -0.15) is 5.26 Å². The number of halogens is 1. The van der Waals surface area contributed by atoms with Gasteiger partial charge in [0, 0.05) is 16.5 Å². The van der Waals surface area contributed by atoms with E-state index in [1.54, 1.807) is 25.1 Å². The van der Waals surface area contributed by atoms with Crippen molar-refractivity contribution in [3.8, 4) is 6.07 Å². The monoisotopic (exact) mass is 355 g/mol. The summed E-state index contributed by atoms with van der Waals surface area (Å²) < 4.78 is 0.920. The van der Waals surface area contributed by atoms with Crippen molar-refractivity contribution in [1.82, 2.24) is 0 Å². The fraction of sp³-hybridized carbons (Fsp3) is 0.167. The van der Waals surface area contributed by atoms with Crippen LogP contribution < -0.4 is 0 Å². The Labute approximate surface area is 137 Å². The van der Waals surface area contributed by atoms with E-state index in [2.05, 4.69) is 22.0 Å². The summed E-state index contributed by atoms with van der Waals surface area (Å²) in [4.78, 5) is 23.8. The maximum absolute atomic E-state index is 12.8. The Morgan fingerprint density at radius 2 is 1.95 bits per heavy atom. The van der Waals surface area contributed by atoms with Crippen molar-refractivity contribution in [3.63, 3.8) is 0 Å². The van der Waals surface area contributed by atoms with Gasteiger partial charge in [0.05, 0.1) is 17.6 Å². The number of carbonyl (C=O) groups excluding carboxylic acids is 2. The summed E-state index contributed by atoms with van der Waals surface area (Å²) in [5, 5.41) is 8.90. The number of aldehydes is 1. The van der Waals surface area contributed by atoms with Crippen LogP contribution in [0.4, 0.5) is 0 Å². The van der Waals surface area contributed by atoms with Gasteiger partial charge in [-0.1, -0.05) is 28.1 Å². The van der Waals surface area contributed by atoms with E-state index in [0.717, 1.165) is 21.9 Å². The average molecular weight is 356 g/mol. The van der Waals surface area contributed by atoms with E-state index < -0.39 is 5.92 Å². The van der Waals surface area contributed by atoms with Crippen LogP contribution in [-0.2, 0) is 4.79 Å². The van der Waals surface area contributed by atoms with E-state index in [-0.39, 0.29) is 12.2 Å². The van der Waals surface area contributed by atoms with E-state index in [9.17, 15) is 9.59 Å². The lowest BCUT2D eigenvalue weighted by Crippen LogP contribution is -2.15. The molecule has 0 spiro atoms. The fourth-order valence-corrected chi connectivity index (χ4v) is 2.65. The average Bonchev–Trinajstić information content (AvgIpc) is 2.53. The quantitative estimate of drug-likeness (QED) is 0.596. The molecular formula is C18H14BrNO2. The molecule has 0 aliphatic heterocycles. The third-order valence-corrected chi connectivity index (χ3v) is 4.07. The van der Waals surface area contributed by atoms with Gasteiger partial charge < -0.3 is 4.79 Å². The summed E-state index contributed by atoms with van der Waals surface area (Å²) in [6.45, 7) is 1.80. The zero-order chi connectivity index (χ0) is 16.1. The van der Waals surface area contributed by atoms with Crippen molar-refractivity contribution < 1.29 is 9.59 Å². The van der Waals surface area contributed by atoms with Gasteiger partial charge in [0.2, 0.25) is 0 Å². The number of hydrogen-bond donors (Lipinski definition) is 0. The van der Waals surface area contributed by atoms with Crippen LogP contribution in [0.3, 0.4) is 0 Å². The Kier molecular flexibility index (Phi) is 5.24. The van der Waals surface area contributed by atoms with Crippen molar-refractivity contribution in [1.29, 1.82) is 5.26 Å². The topological polar surface area (TPSA) is 57.9 Å². The maximum atomic E-state index is 12.8. The number of aryl methyl sites for hydroxylation is 1. The number of nitrogens with zero attached hydrogens (tertiary/aromatic N) is 1. The van der Waals surface area contributed by atoms with Crippen molar-refractivity contribution in [2.45, 2.75) is 19.3 Å². The van der Waals surface area contributed by atoms with E-state index in [0.29, 0.717) is 11.1 Å². The summed E-state index contributed by atoms with van der Waals surface area (Å²) in [6, 6.07) is 14.4. The van der Waals surface area contributed by atoms with Crippen molar-refractivity contribution in [3.05, 3.63) is 69.2 Å². The number of hydrogen-bond acceptors (Lipinski definition) is 3. The van der Waals surface area contributed by atoms with Gasteiger partial charge in [-0.25, -0.2) is 0 Å². The molecule has 1 atom stereocenters. The highest BCUT2D eigenvalue weighted by molar-refractivity contribution is 9.10. The molecule has 4 heteroatoms. The molecule has 0 fully saturated rings. The van der Waals surface area contributed by atoms with Gasteiger partial charge in [-0.3, -0.25) is 4.79 Å². The van der Waals surface area contributed by atoms with Gasteiger partial charge in [-0.15, -0.1) is 0 Å². The van der Waals surface area contributed by atoms with E-state index >= 15 is 0 Å². The highest BCUT2D eigenvalue weighted by atomic mass is 79.9. The smallest absolute Gasteiger partial charge is 0.171 e. The molecule has 0 saturated carbocycles. The van der Waals surface area contributed by atoms with Crippen molar-refractivity contribution in [2.24, 2.45) is 0 Å². The van der Waals surface area contributed by atoms with Gasteiger partial charge in [0.25, 0.3) is 0 Å². The first kappa shape index (κ1) is 16.1. The summed E-state index contributed by atoms with van der Waals surface area (Å²) in [6.07, 6.45) is 0.906. The molecular weight excluding hydrogens is 342 g/mol. The number of carbonyl (C=O) groups is 2. The molecule has 0 aliphatic carbocycles. The van der Waals surface area contributed by atoms with Crippen LogP contribution in [0, 0.1) is 18.3 Å². The summed E-state index contributed by atoms with van der Waals surface area (Å²) in [5.41, 5.74) is 2.62. The third kappa shape index (κ3) is 3.49. The van der Waals surface area contributed by atoms with Crippen molar-refractivity contribution in [2.75, 3.05) is 0 Å². The lowest BCUT2D eigenvalue weighted by atomic mass is 9.86. The molecule has 3 nitrogen and oxygen atoms in total. The zero-order valence-corrected chi connectivity index (χ0v) is 13.6. The first-order chi connectivity index (χ1) is 10.6. The SMILES string of the molecule is Cc1cc(C#N)ccc1C(=O)C(CC=O)c1ccc(Br)cc1. The first-order valence-electron chi connectivity index (χ1n) is 6.81. The van der Waals surface area contributed by atoms with Crippen molar-refractivity contribution >= 4 is 28.0 Å². The molecule has 0 aliphatic rings. The molecule has 110 valence electrons. The van der Waals surface area contributed by atoms with Gasteiger partial charge in [-0.05, 0) is 48.4 Å². The predicted molar refractivity (Wildman–Crippen MR) is 87.8 cm³/mol. The van der Waals surface area contributed by atoms with Gasteiger partial charge in [0.1, 0.15) is 6.29 Å². The second kappa shape index (κ2) is 7.15. The fourth-order valence-electron chi connectivity index (χ4n) is 2.38. The normalized spacial score (nSPS) is 11.5. The number of nitriles is 1. The van der Waals surface area contributed by atoms with Gasteiger partial charge >= 0.3 is 0 Å². The summed E-state index contributed by atoms with van der Waals surface area (Å²) in [5.74, 6) is -0.603. The second-order valence-electron chi connectivity index (χ2n) is 5.01. The van der Waals surface area contributed by atoms with Crippen LogP contribution in [0.2, 0.25) is 0 Å². The third-order valence-electron chi connectivity index (χ3n) is 3.54. The molecule has 0 saturated heterocycles. The zero-order valence-electron chi connectivity index (χ0n) is 12.0. The van der Waals surface area contributed by atoms with E-state index in [4.69, 9.17) is 5.26 Å². The molecule has 1 unspecified atom stereocenters. The number of benzene rings is 2. The molecule has 2 rings (SSSR count). The number of Topliss-reactive ketones (excluding diaryl/α,β-unsaturated/α-hetero) is 1. The van der Waals surface area contributed by atoms with Crippen LogP contribution in [0.25, 0.3) is 0 Å². The van der Waals surface area contributed by atoms with E-state index in [1.807, 2.05) is 24.3 Å². The van der Waals surface area contributed by atoms with Crippen LogP contribution in [-0.4, -0.2) is 12.1 Å². The molecule has 0 amide bonds. The second-order valence-corrected chi connectivity index (χ2v) is 5.93. The Morgan fingerprint density at radius 1 is 1.27 bits per heavy atom. The Morgan fingerprint density at radius 3 is 2.50 bits per heavy atom. The lowest BCUT2D eigenvalue weighted by molar-refractivity contribution is -0.108. The Balaban J connectivity index is 2.40. The minimum atomic E-state index is -0.503. The van der Waals surface area contributed by atoms with Crippen LogP contribution in [0.15, 0.2) is 46.9 Å². The highest BCUT2D eigenvalue weighted by Gasteiger charge is 2.23. The standard InChI is InChI=1S/C18H14BrNO2/c1-12-10-13(11-20)2-7-16(12)18(22)17(8-9-21)14-3-5-15(19)6-4-14/h2-7,9-10,17H,8H2,1H3. The minimum Gasteiger partial charge on any atom is -0.303 e. The molecule has 2 aromatic carbocycles. The van der Waals surface area contributed by atoms with Crippen LogP contribution in [0.5, 0.6) is 0 Å². The molecule has 2 aromatic rings. The number of rotatable bonds is 5. The predicted octanol–water partition coefficient (Wildman–Crippen LogP) is 4.18. The maximum Gasteiger partial charge on any atom is 0.171 e. The molecule has 0 radical (unpaired) electrons. The molecule has 0 aromatic heterocycles. The molecule has 0 N–H and O–H groups in total. The van der Waals surface area contributed by atoms with Gasteiger partial charge in [0.15, 0.2) is 5.78 Å². The minimum absolute atomic E-state index is 0.101. The lowest BCUT2D eigenvalue weighted by Gasteiger charge is -2.15. The summed E-state index contributed by atoms with van der Waals surface area (Å²) in [7, 11) is 0. The largest absolute Gasteiger partial charge is 0.303 e. The summed E-state index contributed by atoms with van der Waals surface area (Å²) >= 11 is 3.36.